The number of sulfone groups is 1. The fraction of sp³-hybridized carbons (Fsp3) is 0.391. The maximum atomic E-state index is 12.9. The SMILES string of the molecule is O=C(CN1CCN(C2CCS(=O)(=O)C2)CC1)Nc1ccc(Cl)cc1C(=O)c1ccccc1. The molecule has 2 aliphatic heterocycles. The van der Waals surface area contributed by atoms with Crippen molar-refractivity contribution in [1.29, 1.82) is 0 Å². The molecule has 0 saturated carbocycles. The molecule has 170 valence electrons. The van der Waals surface area contributed by atoms with Crippen LogP contribution in [0.2, 0.25) is 5.02 Å². The molecule has 2 aromatic carbocycles. The number of nitrogens with one attached hydrogen (secondary N) is 1. The molecule has 0 bridgehead atoms. The highest BCUT2D eigenvalue weighted by Crippen LogP contribution is 2.24. The van der Waals surface area contributed by atoms with E-state index >= 15 is 0 Å². The first-order chi connectivity index (χ1) is 15.3. The Kier molecular flexibility index (Phi) is 6.95. The summed E-state index contributed by atoms with van der Waals surface area (Å²) in [5, 5.41) is 3.28. The molecule has 1 amide bonds. The lowest BCUT2D eigenvalue weighted by atomic mass is 10.0. The Labute approximate surface area is 193 Å². The van der Waals surface area contributed by atoms with Gasteiger partial charge in [-0.2, -0.15) is 0 Å². The van der Waals surface area contributed by atoms with Crippen molar-refractivity contribution >= 4 is 38.8 Å². The third-order valence-electron chi connectivity index (χ3n) is 6.04. The van der Waals surface area contributed by atoms with Crippen LogP contribution in [0, 0.1) is 0 Å². The second-order valence-electron chi connectivity index (χ2n) is 8.30. The quantitative estimate of drug-likeness (QED) is 0.645. The minimum absolute atomic E-state index is 0.0941. The van der Waals surface area contributed by atoms with Crippen molar-refractivity contribution in [3.05, 3.63) is 64.7 Å². The second-order valence-corrected chi connectivity index (χ2v) is 11.0. The number of rotatable bonds is 6. The third kappa shape index (κ3) is 5.56. The Hall–Kier alpha value is -2.26. The molecule has 2 aliphatic rings. The van der Waals surface area contributed by atoms with Crippen molar-refractivity contribution in [3.63, 3.8) is 0 Å². The summed E-state index contributed by atoms with van der Waals surface area (Å²) in [4.78, 5) is 29.9. The Morgan fingerprint density at radius 2 is 1.75 bits per heavy atom. The maximum absolute atomic E-state index is 12.9. The van der Waals surface area contributed by atoms with Crippen LogP contribution >= 0.6 is 11.6 Å². The molecule has 0 spiro atoms. The summed E-state index contributed by atoms with van der Waals surface area (Å²) in [6.07, 6.45) is 0.692. The van der Waals surface area contributed by atoms with Crippen LogP contribution in [0.25, 0.3) is 0 Å². The Bertz CT molecular complexity index is 1100. The van der Waals surface area contributed by atoms with Gasteiger partial charge in [-0.15, -0.1) is 0 Å². The lowest BCUT2D eigenvalue weighted by Crippen LogP contribution is -2.52. The van der Waals surface area contributed by atoms with Crippen LogP contribution in [0.4, 0.5) is 5.69 Å². The van der Waals surface area contributed by atoms with Gasteiger partial charge in [-0.25, -0.2) is 8.42 Å². The number of carbonyl (C=O) groups excluding carboxylic acids is 2. The minimum Gasteiger partial charge on any atom is -0.324 e. The molecule has 1 unspecified atom stereocenters. The van der Waals surface area contributed by atoms with Crippen LogP contribution in [-0.4, -0.2) is 80.2 Å². The van der Waals surface area contributed by atoms with Crippen molar-refractivity contribution in [3.8, 4) is 0 Å². The Morgan fingerprint density at radius 3 is 2.41 bits per heavy atom. The van der Waals surface area contributed by atoms with E-state index in [1.807, 2.05) is 11.0 Å². The predicted molar refractivity (Wildman–Crippen MR) is 125 cm³/mol. The average Bonchev–Trinajstić information content (AvgIpc) is 3.15. The van der Waals surface area contributed by atoms with Gasteiger partial charge in [0.2, 0.25) is 5.91 Å². The van der Waals surface area contributed by atoms with Gasteiger partial charge in [-0.05, 0) is 24.6 Å². The van der Waals surface area contributed by atoms with Gasteiger partial charge < -0.3 is 5.32 Å². The van der Waals surface area contributed by atoms with Gasteiger partial charge in [0.25, 0.3) is 0 Å². The largest absolute Gasteiger partial charge is 0.324 e. The predicted octanol–water partition coefficient (Wildman–Crippen LogP) is 2.31. The third-order valence-corrected chi connectivity index (χ3v) is 8.02. The van der Waals surface area contributed by atoms with E-state index in [0.717, 1.165) is 13.1 Å². The number of piperazine rings is 1. The second kappa shape index (κ2) is 9.70. The number of halogens is 1. The molecule has 9 heteroatoms. The standard InChI is InChI=1S/C23H26ClN3O4S/c24-18-6-7-21(20(14-18)23(29)17-4-2-1-3-5-17)25-22(28)15-26-9-11-27(12-10-26)19-8-13-32(30,31)16-19/h1-7,14,19H,8-13,15-16H2,(H,25,28). The van der Waals surface area contributed by atoms with Crippen LogP contribution in [0.5, 0.6) is 0 Å². The molecule has 0 aliphatic carbocycles. The average molecular weight is 476 g/mol. The van der Waals surface area contributed by atoms with E-state index in [-0.39, 0.29) is 35.8 Å². The van der Waals surface area contributed by atoms with E-state index < -0.39 is 9.84 Å². The number of nitrogens with zero attached hydrogens (tertiary/aromatic N) is 2. The zero-order valence-corrected chi connectivity index (χ0v) is 19.2. The maximum Gasteiger partial charge on any atom is 0.238 e. The highest BCUT2D eigenvalue weighted by Gasteiger charge is 2.33. The fourth-order valence-corrected chi connectivity index (χ4v) is 6.23. The normalized spacial score (nSPS) is 21.3. The summed E-state index contributed by atoms with van der Waals surface area (Å²) in [5.41, 5.74) is 1.31. The van der Waals surface area contributed by atoms with Gasteiger partial charge in [-0.1, -0.05) is 41.9 Å². The van der Waals surface area contributed by atoms with Gasteiger partial charge in [0.1, 0.15) is 0 Å². The van der Waals surface area contributed by atoms with Crippen LogP contribution < -0.4 is 5.32 Å². The lowest BCUT2D eigenvalue weighted by molar-refractivity contribution is -0.117. The monoisotopic (exact) mass is 475 g/mol. The highest BCUT2D eigenvalue weighted by atomic mass is 35.5. The summed E-state index contributed by atoms with van der Waals surface area (Å²) in [7, 11) is -2.90. The summed E-state index contributed by atoms with van der Waals surface area (Å²) in [6, 6.07) is 13.8. The van der Waals surface area contributed by atoms with Crippen molar-refractivity contribution in [2.75, 3.05) is 49.5 Å². The molecule has 1 N–H and O–H groups in total. The first kappa shape index (κ1) is 22.9. The van der Waals surface area contributed by atoms with Gasteiger partial charge in [-0.3, -0.25) is 19.4 Å². The number of ketones is 1. The van der Waals surface area contributed by atoms with Crippen LogP contribution in [0.3, 0.4) is 0 Å². The molecule has 2 heterocycles. The van der Waals surface area contributed by atoms with E-state index in [1.165, 1.54) is 0 Å². The van der Waals surface area contributed by atoms with E-state index in [1.54, 1.807) is 42.5 Å². The van der Waals surface area contributed by atoms with Gasteiger partial charge in [0.05, 0.1) is 23.7 Å². The number of amides is 1. The number of anilines is 1. The van der Waals surface area contributed by atoms with Gasteiger partial charge >= 0.3 is 0 Å². The zero-order chi connectivity index (χ0) is 22.7. The molecule has 2 aromatic rings. The molecule has 0 aromatic heterocycles. The van der Waals surface area contributed by atoms with E-state index in [0.29, 0.717) is 41.3 Å². The topological polar surface area (TPSA) is 86.8 Å². The van der Waals surface area contributed by atoms with Gasteiger partial charge in [0, 0.05) is 48.4 Å². The summed E-state index contributed by atoms with van der Waals surface area (Å²) >= 11 is 6.11. The Morgan fingerprint density at radius 1 is 1.03 bits per heavy atom. The summed E-state index contributed by atoms with van der Waals surface area (Å²) < 4.78 is 23.5. The molecule has 7 nitrogen and oxygen atoms in total. The molecule has 1 atom stereocenters. The van der Waals surface area contributed by atoms with Crippen molar-refractivity contribution in [1.82, 2.24) is 9.80 Å². The van der Waals surface area contributed by atoms with E-state index in [2.05, 4.69) is 10.2 Å². The minimum atomic E-state index is -2.90. The van der Waals surface area contributed by atoms with Crippen LogP contribution in [-0.2, 0) is 14.6 Å². The smallest absolute Gasteiger partial charge is 0.238 e. The first-order valence-electron chi connectivity index (χ1n) is 10.7. The van der Waals surface area contributed by atoms with Crippen molar-refractivity contribution in [2.45, 2.75) is 12.5 Å². The van der Waals surface area contributed by atoms with E-state index in [9.17, 15) is 18.0 Å². The highest BCUT2D eigenvalue weighted by molar-refractivity contribution is 7.91. The van der Waals surface area contributed by atoms with Crippen LogP contribution in [0.1, 0.15) is 22.3 Å². The summed E-state index contributed by atoms with van der Waals surface area (Å²) in [5.74, 6) is 0.100. The van der Waals surface area contributed by atoms with E-state index in [4.69, 9.17) is 11.6 Å². The molecular formula is C23H26ClN3O4S. The number of hydrogen-bond donors (Lipinski definition) is 1. The van der Waals surface area contributed by atoms with Crippen molar-refractivity contribution in [2.24, 2.45) is 0 Å². The molecule has 2 saturated heterocycles. The summed E-state index contributed by atoms with van der Waals surface area (Å²) in [6.45, 7) is 3.08. The Balaban J connectivity index is 1.35. The van der Waals surface area contributed by atoms with Crippen molar-refractivity contribution < 1.29 is 18.0 Å². The molecular weight excluding hydrogens is 450 g/mol. The lowest BCUT2D eigenvalue weighted by Gasteiger charge is -2.37. The number of hydrogen-bond acceptors (Lipinski definition) is 6. The molecule has 2 fully saturated rings. The van der Waals surface area contributed by atoms with Gasteiger partial charge in [0.15, 0.2) is 15.6 Å². The zero-order valence-electron chi connectivity index (χ0n) is 17.7. The van der Waals surface area contributed by atoms with Crippen LogP contribution in [0.15, 0.2) is 48.5 Å². The first-order valence-corrected chi connectivity index (χ1v) is 12.9. The number of benzene rings is 2. The molecule has 0 radical (unpaired) electrons. The fourth-order valence-electron chi connectivity index (χ4n) is 4.30. The molecule has 32 heavy (non-hydrogen) atoms. The number of carbonyl (C=O) groups is 2. The molecule has 4 rings (SSSR count).